The Morgan fingerprint density at radius 1 is 0.227 bits per heavy atom. The molecule has 0 unspecified atom stereocenters. The number of hydrogen-bond acceptors (Lipinski definition) is 2. The molecule has 2 aromatic heterocycles. The zero-order valence-corrected chi connectivity index (χ0v) is 25.5. The summed E-state index contributed by atoms with van der Waals surface area (Å²) in [6, 6.07) is 57.7. The lowest BCUT2D eigenvalue weighted by Gasteiger charge is -2.05. The molecule has 0 aliphatic heterocycles. The van der Waals surface area contributed by atoms with Crippen molar-refractivity contribution < 1.29 is 0 Å². The van der Waals surface area contributed by atoms with E-state index in [1.165, 1.54) is 84.9 Å². The fraction of sp³-hybridized carbons (Fsp3) is 0. The van der Waals surface area contributed by atoms with E-state index in [1.807, 2.05) is 22.7 Å². The van der Waals surface area contributed by atoms with Crippen molar-refractivity contribution in [2.75, 3.05) is 0 Å². The predicted octanol–water partition coefficient (Wildman–Crippen LogP) is 13.1. The lowest BCUT2D eigenvalue weighted by atomic mass is 9.99. The molecule has 0 radical (unpaired) electrons. The van der Waals surface area contributed by atoms with Crippen LogP contribution < -0.4 is 0 Å². The van der Waals surface area contributed by atoms with Gasteiger partial charge in [-0.1, -0.05) is 133 Å². The molecule has 0 atom stereocenters. The van der Waals surface area contributed by atoms with Gasteiger partial charge in [0.15, 0.2) is 0 Å². The van der Waals surface area contributed by atoms with Crippen molar-refractivity contribution in [2.24, 2.45) is 0 Å². The Labute approximate surface area is 264 Å². The first-order valence-electron chi connectivity index (χ1n) is 14.9. The Bertz CT molecular complexity index is 2270. The fourth-order valence-corrected chi connectivity index (χ4v) is 8.71. The summed E-state index contributed by atoms with van der Waals surface area (Å²) in [6.45, 7) is 0. The lowest BCUT2D eigenvalue weighted by molar-refractivity contribution is 1.60. The van der Waals surface area contributed by atoms with E-state index in [0.29, 0.717) is 0 Å². The van der Waals surface area contributed by atoms with Crippen molar-refractivity contribution in [3.05, 3.63) is 158 Å². The van der Waals surface area contributed by atoms with Crippen LogP contribution in [-0.2, 0) is 0 Å². The quantitative estimate of drug-likeness (QED) is 0.190. The molecule has 0 aliphatic carbocycles. The molecule has 0 spiro atoms. The van der Waals surface area contributed by atoms with Crippen LogP contribution in [0, 0.1) is 0 Å². The monoisotopic (exact) mass is 594 g/mol. The minimum absolute atomic E-state index is 1.25. The molecule has 9 aromatic rings. The van der Waals surface area contributed by atoms with Gasteiger partial charge < -0.3 is 0 Å². The zero-order chi connectivity index (χ0) is 29.0. The van der Waals surface area contributed by atoms with E-state index in [9.17, 15) is 0 Å². The molecule has 0 amide bonds. The normalized spacial score (nSPS) is 11.6. The molecule has 2 heteroatoms. The summed E-state index contributed by atoms with van der Waals surface area (Å²) in [4.78, 5) is 0. The van der Waals surface area contributed by atoms with E-state index in [1.54, 1.807) is 0 Å². The average molecular weight is 595 g/mol. The average Bonchev–Trinajstić information content (AvgIpc) is 3.64. The van der Waals surface area contributed by atoms with E-state index >= 15 is 0 Å². The molecule has 2 heterocycles. The summed E-state index contributed by atoms with van der Waals surface area (Å²) in [5, 5.41) is 5.39. The summed E-state index contributed by atoms with van der Waals surface area (Å²) in [7, 11) is 0. The highest BCUT2D eigenvalue weighted by atomic mass is 32.1. The van der Waals surface area contributed by atoms with Gasteiger partial charge in [0.2, 0.25) is 0 Å². The molecule has 206 valence electrons. The SMILES string of the molecule is c1ccc(-c2ccc(-c3ccc4c(c3)sc3cc5c(cc34)sc3cc(-c4ccc(-c6ccccc6)cc4)ccc35)cc2)cc1. The van der Waals surface area contributed by atoms with Crippen LogP contribution in [-0.4, -0.2) is 0 Å². The predicted molar refractivity (Wildman–Crippen MR) is 194 cm³/mol. The highest BCUT2D eigenvalue weighted by Gasteiger charge is 2.13. The van der Waals surface area contributed by atoms with Gasteiger partial charge in [-0.15, -0.1) is 22.7 Å². The van der Waals surface area contributed by atoms with Crippen LogP contribution in [0.1, 0.15) is 0 Å². The first kappa shape index (κ1) is 25.5. The molecule has 7 aromatic carbocycles. The first-order chi connectivity index (χ1) is 21.8. The van der Waals surface area contributed by atoms with Gasteiger partial charge in [0.25, 0.3) is 0 Å². The van der Waals surface area contributed by atoms with E-state index in [0.717, 1.165) is 0 Å². The van der Waals surface area contributed by atoms with Gasteiger partial charge in [-0.3, -0.25) is 0 Å². The van der Waals surface area contributed by atoms with Crippen LogP contribution in [0.5, 0.6) is 0 Å². The third-order valence-electron chi connectivity index (χ3n) is 8.72. The summed E-state index contributed by atoms with van der Waals surface area (Å²) >= 11 is 3.80. The third-order valence-corrected chi connectivity index (χ3v) is 10.9. The van der Waals surface area contributed by atoms with Gasteiger partial charge in [0, 0.05) is 40.3 Å². The number of hydrogen-bond donors (Lipinski definition) is 0. The Morgan fingerprint density at radius 3 is 0.909 bits per heavy atom. The number of benzene rings is 7. The van der Waals surface area contributed by atoms with Crippen LogP contribution in [0.15, 0.2) is 158 Å². The van der Waals surface area contributed by atoms with Gasteiger partial charge in [-0.25, -0.2) is 0 Å². The van der Waals surface area contributed by atoms with Gasteiger partial charge in [-0.2, -0.15) is 0 Å². The van der Waals surface area contributed by atoms with Crippen molar-refractivity contribution >= 4 is 63.0 Å². The van der Waals surface area contributed by atoms with Crippen LogP contribution >= 0.6 is 22.7 Å². The first-order valence-corrected chi connectivity index (χ1v) is 16.5. The summed E-state index contributed by atoms with van der Waals surface area (Å²) in [5.74, 6) is 0. The second kappa shape index (κ2) is 10.3. The van der Waals surface area contributed by atoms with Crippen LogP contribution in [0.3, 0.4) is 0 Å². The van der Waals surface area contributed by atoms with E-state index in [-0.39, 0.29) is 0 Å². The number of fused-ring (bicyclic) bond motifs is 6. The second-order valence-corrected chi connectivity index (χ2v) is 13.5. The van der Waals surface area contributed by atoms with Gasteiger partial charge in [0.05, 0.1) is 0 Å². The smallest absolute Gasteiger partial charge is 0.0362 e. The number of thiophene rings is 2. The van der Waals surface area contributed by atoms with Crippen LogP contribution in [0.2, 0.25) is 0 Å². The third kappa shape index (κ3) is 4.34. The lowest BCUT2D eigenvalue weighted by Crippen LogP contribution is -1.80. The molecule has 0 bridgehead atoms. The maximum absolute atomic E-state index is 2.41. The van der Waals surface area contributed by atoms with Crippen molar-refractivity contribution in [1.82, 2.24) is 0 Å². The molecule has 9 rings (SSSR count). The van der Waals surface area contributed by atoms with Crippen molar-refractivity contribution in [1.29, 1.82) is 0 Å². The Morgan fingerprint density at radius 2 is 0.523 bits per heavy atom. The Hall–Kier alpha value is -5.02. The largest absolute Gasteiger partial charge is 0.135 e. The topological polar surface area (TPSA) is 0 Å². The maximum Gasteiger partial charge on any atom is 0.0362 e. The molecular weight excluding hydrogens is 569 g/mol. The fourth-order valence-electron chi connectivity index (χ4n) is 6.38. The Kier molecular flexibility index (Phi) is 5.97. The van der Waals surface area contributed by atoms with Crippen molar-refractivity contribution in [3.8, 4) is 44.5 Å². The van der Waals surface area contributed by atoms with Crippen molar-refractivity contribution in [2.45, 2.75) is 0 Å². The van der Waals surface area contributed by atoms with Crippen LogP contribution in [0.25, 0.3) is 84.9 Å². The van der Waals surface area contributed by atoms with E-state index in [2.05, 4.69) is 158 Å². The van der Waals surface area contributed by atoms with Crippen LogP contribution in [0.4, 0.5) is 0 Å². The minimum Gasteiger partial charge on any atom is -0.135 e. The molecule has 0 nitrogen and oxygen atoms in total. The van der Waals surface area contributed by atoms with Gasteiger partial charge in [-0.05, 0) is 68.8 Å². The number of rotatable bonds is 4. The summed E-state index contributed by atoms with van der Waals surface area (Å²) < 4.78 is 5.38. The van der Waals surface area contributed by atoms with E-state index in [4.69, 9.17) is 0 Å². The van der Waals surface area contributed by atoms with Gasteiger partial charge in [0.1, 0.15) is 0 Å². The Balaban J connectivity index is 1.06. The second-order valence-electron chi connectivity index (χ2n) is 11.4. The summed E-state index contributed by atoms with van der Waals surface area (Å²) in [6.07, 6.45) is 0. The summed E-state index contributed by atoms with van der Waals surface area (Å²) in [5.41, 5.74) is 10.0. The van der Waals surface area contributed by atoms with Crippen molar-refractivity contribution in [3.63, 3.8) is 0 Å². The molecule has 0 N–H and O–H groups in total. The zero-order valence-electron chi connectivity index (χ0n) is 23.8. The maximum atomic E-state index is 2.41. The molecule has 0 fully saturated rings. The van der Waals surface area contributed by atoms with E-state index < -0.39 is 0 Å². The molecule has 0 saturated heterocycles. The highest BCUT2D eigenvalue weighted by Crippen LogP contribution is 2.43. The molecule has 0 aliphatic rings. The molecule has 0 saturated carbocycles. The minimum atomic E-state index is 1.25. The molecule has 44 heavy (non-hydrogen) atoms. The highest BCUT2D eigenvalue weighted by molar-refractivity contribution is 7.27. The standard InChI is InChI=1S/C42H26S2/c1-3-7-27(8-4-1)29-11-15-31(16-12-29)33-19-21-35-37-25-42-38(26-41(37)43-39(35)23-33)36-22-20-34(24-40(36)44-42)32-17-13-30(14-18-32)28-9-5-2-6-10-28/h1-26H. The molecular formula is C42H26S2. The van der Waals surface area contributed by atoms with Gasteiger partial charge >= 0.3 is 0 Å².